The summed E-state index contributed by atoms with van der Waals surface area (Å²) >= 11 is 5.86. The van der Waals surface area contributed by atoms with E-state index in [4.69, 9.17) is 21.5 Å². The Kier molecular flexibility index (Phi) is 4.58. The molecule has 0 radical (unpaired) electrons. The predicted molar refractivity (Wildman–Crippen MR) is 93.2 cm³/mol. The van der Waals surface area contributed by atoms with E-state index in [2.05, 4.69) is 9.97 Å². The van der Waals surface area contributed by atoms with Gasteiger partial charge in [-0.05, 0) is 18.2 Å². The van der Waals surface area contributed by atoms with Gasteiger partial charge < -0.3 is 9.72 Å². The van der Waals surface area contributed by atoms with Gasteiger partial charge in [0.15, 0.2) is 0 Å². The molecule has 0 aliphatic carbocycles. The fourth-order valence-corrected chi connectivity index (χ4v) is 2.77. The van der Waals surface area contributed by atoms with Crippen LogP contribution in [0.15, 0.2) is 64.7 Å². The number of hydrogen-bond acceptors (Lipinski definition) is 5. The van der Waals surface area contributed by atoms with Crippen molar-refractivity contribution in [2.45, 2.75) is 4.90 Å². The first-order valence-corrected chi connectivity index (χ1v) is 8.91. The zero-order valence-corrected chi connectivity index (χ0v) is 14.2. The second kappa shape index (κ2) is 6.67. The number of para-hydroxylation sites is 1. The van der Waals surface area contributed by atoms with Crippen LogP contribution in [0, 0.1) is 0 Å². The van der Waals surface area contributed by atoms with E-state index >= 15 is 0 Å². The van der Waals surface area contributed by atoms with Gasteiger partial charge in [0.2, 0.25) is 21.3 Å². The van der Waals surface area contributed by atoms with Gasteiger partial charge in [-0.3, -0.25) is 4.79 Å². The lowest BCUT2D eigenvalue weighted by Gasteiger charge is -2.11. The molecule has 0 amide bonds. The van der Waals surface area contributed by atoms with Crippen LogP contribution in [0.2, 0.25) is 5.02 Å². The maximum Gasteiger partial charge on any atom is 0.239 e. The molecule has 3 N–H and O–H groups in total. The fourth-order valence-electron chi connectivity index (χ4n) is 2.12. The van der Waals surface area contributed by atoms with Crippen LogP contribution in [0.3, 0.4) is 0 Å². The normalized spacial score (nSPS) is 11.3. The number of nitrogens with one attached hydrogen (secondary N) is 1. The molecule has 2 heterocycles. The molecule has 0 aliphatic rings. The number of nitrogens with two attached hydrogens (primary N) is 1. The highest BCUT2D eigenvalue weighted by Crippen LogP contribution is 2.31. The van der Waals surface area contributed by atoms with Gasteiger partial charge in [-0.1, -0.05) is 29.8 Å². The molecule has 0 spiro atoms. The molecule has 128 valence electrons. The minimum atomic E-state index is -4.01. The highest BCUT2D eigenvalue weighted by Gasteiger charge is 2.18. The molecule has 9 heteroatoms. The first-order chi connectivity index (χ1) is 11.9. The van der Waals surface area contributed by atoms with E-state index in [1.54, 1.807) is 24.3 Å². The summed E-state index contributed by atoms with van der Waals surface area (Å²) in [6, 6.07) is 9.96. The summed E-state index contributed by atoms with van der Waals surface area (Å²) in [5, 5.41) is 5.10. The number of benzene rings is 1. The van der Waals surface area contributed by atoms with Gasteiger partial charge in [0.1, 0.15) is 15.7 Å². The van der Waals surface area contributed by atoms with Crippen molar-refractivity contribution in [1.82, 2.24) is 9.97 Å². The summed E-state index contributed by atoms with van der Waals surface area (Å²) < 4.78 is 28.9. The monoisotopic (exact) mass is 377 g/mol. The van der Waals surface area contributed by atoms with Gasteiger partial charge in [0.25, 0.3) is 0 Å². The van der Waals surface area contributed by atoms with Gasteiger partial charge >= 0.3 is 0 Å². The molecule has 0 bridgehead atoms. The largest absolute Gasteiger partial charge is 0.438 e. The number of ether oxygens (including phenoxy) is 1. The minimum absolute atomic E-state index is 0.0476. The standard InChI is InChI=1S/C16H12ClN3O4S/c17-14-9-19-8-13(15(14)21)12-6-11(25(18,22)23)7-20-16(12)24-10-4-2-1-3-5-10/h1-9H,(H,19,21)(H2,18,22,23). The Morgan fingerprint density at radius 2 is 1.84 bits per heavy atom. The van der Waals surface area contributed by atoms with Crippen LogP contribution in [0.5, 0.6) is 11.6 Å². The summed E-state index contributed by atoms with van der Waals surface area (Å²) in [7, 11) is -4.01. The number of H-pyrrole nitrogens is 1. The maximum absolute atomic E-state index is 12.3. The molecule has 0 fully saturated rings. The molecule has 0 unspecified atom stereocenters. The quantitative estimate of drug-likeness (QED) is 0.724. The SMILES string of the molecule is NS(=O)(=O)c1cnc(Oc2ccccc2)c(-c2c[nH]cc(Cl)c2=O)c1. The van der Waals surface area contributed by atoms with Crippen molar-refractivity contribution in [1.29, 1.82) is 0 Å². The highest BCUT2D eigenvalue weighted by atomic mass is 35.5. The number of hydrogen-bond donors (Lipinski definition) is 2. The molecular formula is C16H12ClN3O4S. The van der Waals surface area contributed by atoms with E-state index in [1.807, 2.05) is 6.07 Å². The molecule has 3 rings (SSSR count). The van der Waals surface area contributed by atoms with E-state index in [1.165, 1.54) is 18.5 Å². The minimum Gasteiger partial charge on any atom is -0.438 e. The van der Waals surface area contributed by atoms with Gasteiger partial charge in [0, 0.05) is 12.4 Å². The molecule has 7 nitrogen and oxygen atoms in total. The third kappa shape index (κ3) is 3.71. The molecule has 0 aliphatic heterocycles. The molecular weight excluding hydrogens is 366 g/mol. The third-order valence-corrected chi connectivity index (χ3v) is 4.46. The number of aromatic amines is 1. The lowest BCUT2D eigenvalue weighted by atomic mass is 10.1. The number of nitrogens with zero attached hydrogens (tertiary/aromatic N) is 1. The number of halogens is 1. The number of rotatable bonds is 4. The molecule has 0 saturated carbocycles. The molecule has 3 aromatic rings. The average molecular weight is 378 g/mol. The number of aromatic nitrogens is 2. The highest BCUT2D eigenvalue weighted by molar-refractivity contribution is 7.89. The molecule has 2 aromatic heterocycles. The molecule has 1 aromatic carbocycles. The van der Waals surface area contributed by atoms with Crippen molar-refractivity contribution >= 4 is 21.6 Å². The summed E-state index contributed by atoms with van der Waals surface area (Å²) in [6.45, 7) is 0. The van der Waals surface area contributed by atoms with Gasteiger partial charge in [-0.25, -0.2) is 18.5 Å². The smallest absolute Gasteiger partial charge is 0.239 e. The Bertz CT molecular complexity index is 1080. The Morgan fingerprint density at radius 1 is 1.12 bits per heavy atom. The van der Waals surface area contributed by atoms with E-state index in [9.17, 15) is 13.2 Å². The van der Waals surface area contributed by atoms with Crippen molar-refractivity contribution in [3.05, 3.63) is 70.2 Å². The number of pyridine rings is 2. The average Bonchev–Trinajstić information content (AvgIpc) is 2.58. The van der Waals surface area contributed by atoms with Crippen LogP contribution in [0.1, 0.15) is 0 Å². The van der Waals surface area contributed by atoms with E-state index in [-0.39, 0.29) is 26.9 Å². The third-order valence-electron chi connectivity index (χ3n) is 3.30. The first-order valence-electron chi connectivity index (χ1n) is 6.99. The summed E-state index contributed by atoms with van der Waals surface area (Å²) in [6.07, 6.45) is 3.77. The Morgan fingerprint density at radius 3 is 2.52 bits per heavy atom. The lowest BCUT2D eigenvalue weighted by molar-refractivity contribution is 0.464. The summed E-state index contributed by atoms with van der Waals surface area (Å²) in [5.41, 5.74) is -0.234. The van der Waals surface area contributed by atoms with Crippen LogP contribution >= 0.6 is 11.6 Å². The van der Waals surface area contributed by atoms with Crippen LogP contribution in [-0.4, -0.2) is 18.4 Å². The lowest BCUT2D eigenvalue weighted by Crippen LogP contribution is -2.14. The van der Waals surface area contributed by atoms with Crippen molar-refractivity contribution < 1.29 is 13.2 Å². The second-order valence-electron chi connectivity index (χ2n) is 5.03. The van der Waals surface area contributed by atoms with Crippen LogP contribution < -0.4 is 15.3 Å². The van der Waals surface area contributed by atoms with E-state index in [0.29, 0.717) is 5.75 Å². The Balaban J connectivity index is 2.22. The Labute approximate surface area is 148 Å². The van der Waals surface area contributed by atoms with Crippen LogP contribution in [-0.2, 0) is 10.0 Å². The predicted octanol–water partition coefficient (Wildman–Crippen LogP) is 2.53. The maximum atomic E-state index is 12.3. The summed E-state index contributed by atoms with van der Waals surface area (Å²) in [4.78, 5) is 18.8. The zero-order valence-electron chi connectivity index (χ0n) is 12.6. The van der Waals surface area contributed by atoms with Gasteiger partial charge in [-0.2, -0.15) is 0 Å². The zero-order chi connectivity index (χ0) is 18.0. The fraction of sp³-hybridized carbons (Fsp3) is 0. The number of primary sulfonamides is 1. The molecule has 0 saturated heterocycles. The topological polar surface area (TPSA) is 115 Å². The van der Waals surface area contributed by atoms with Crippen molar-refractivity contribution in [2.24, 2.45) is 5.14 Å². The van der Waals surface area contributed by atoms with Crippen LogP contribution in [0.4, 0.5) is 0 Å². The van der Waals surface area contributed by atoms with Crippen molar-refractivity contribution in [3.63, 3.8) is 0 Å². The van der Waals surface area contributed by atoms with Crippen molar-refractivity contribution in [2.75, 3.05) is 0 Å². The van der Waals surface area contributed by atoms with Crippen molar-refractivity contribution in [3.8, 4) is 22.8 Å². The first kappa shape index (κ1) is 17.2. The molecule has 0 atom stereocenters. The van der Waals surface area contributed by atoms with Crippen LogP contribution in [0.25, 0.3) is 11.1 Å². The van der Waals surface area contributed by atoms with E-state index in [0.717, 1.165) is 6.20 Å². The van der Waals surface area contributed by atoms with Gasteiger partial charge in [-0.15, -0.1) is 0 Å². The second-order valence-corrected chi connectivity index (χ2v) is 7.00. The van der Waals surface area contributed by atoms with Gasteiger partial charge in [0.05, 0.1) is 17.3 Å². The Hall–Kier alpha value is -2.68. The number of sulfonamides is 1. The molecule has 25 heavy (non-hydrogen) atoms. The van der Waals surface area contributed by atoms with E-state index < -0.39 is 15.5 Å². The summed E-state index contributed by atoms with van der Waals surface area (Å²) in [5.74, 6) is 0.518.